The third-order valence-corrected chi connectivity index (χ3v) is 7.52. The molecule has 2 fully saturated rings. The van der Waals surface area contributed by atoms with Gasteiger partial charge in [-0.3, -0.25) is 4.90 Å². The maximum atomic E-state index is 10.3. The number of allylic oxidation sites excluding steroid dienone is 1. The van der Waals surface area contributed by atoms with E-state index in [9.17, 15) is 5.11 Å². The number of aliphatic hydroxyl groups is 1. The Morgan fingerprint density at radius 1 is 1.35 bits per heavy atom. The van der Waals surface area contributed by atoms with Gasteiger partial charge in [-0.15, -0.1) is 11.3 Å². The van der Waals surface area contributed by atoms with Gasteiger partial charge in [-0.25, -0.2) is 4.98 Å². The molecule has 1 aliphatic heterocycles. The molecule has 1 saturated carbocycles. The van der Waals surface area contributed by atoms with E-state index in [1.165, 1.54) is 18.4 Å². The Bertz CT molecular complexity index is 623. The van der Waals surface area contributed by atoms with Crippen molar-refractivity contribution in [1.82, 2.24) is 9.88 Å². The van der Waals surface area contributed by atoms with Gasteiger partial charge in [0.25, 0.3) is 0 Å². The molecule has 1 aromatic heterocycles. The molecule has 0 unspecified atom stereocenters. The number of nitrogens with zero attached hydrogens (tertiary/aromatic N) is 3. The molecule has 1 aromatic rings. The van der Waals surface area contributed by atoms with Crippen LogP contribution in [0.5, 0.6) is 0 Å². The van der Waals surface area contributed by atoms with E-state index in [1.54, 1.807) is 11.3 Å². The molecular formula is C20H31N3O2S. The Hall–Kier alpha value is -0.950. The van der Waals surface area contributed by atoms with Crippen molar-refractivity contribution >= 4 is 16.5 Å². The van der Waals surface area contributed by atoms with Gasteiger partial charge in [-0.05, 0) is 35.7 Å². The van der Waals surface area contributed by atoms with E-state index in [-0.39, 0.29) is 0 Å². The highest BCUT2D eigenvalue weighted by molar-refractivity contribution is 7.13. The number of anilines is 1. The Morgan fingerprint density at radius 3 is 2.81 bits per heavy atom. The minimum atomic E-state index is -0.409. The fraction of sp³-hybridized carbons (Fsp3) is 0.750. The van der Waals surface area contributed by atoms with E-state index in [0.29, 0.717) is 31.1 Å². The van der Waals surface area contributed by atoms with E-state index in [0.717, 1.165) is 37.2 Å². The SMILES string of the molecule is CC1(C)[C@@H]2CC=C(COC[C@H](O)CN3CCN(c4nccs4)CC3)[C@@H]1C2. The van der Waals surface area contributed by atoms with Crippen LogP contribution in [-0.2, 0) is 4.74 Å². The average molecular weight is 378 g/mol. The van der Waals surface area contributed by atoms with Gasteiger partial charge in [0.15, 0.2) is 5.13 Å². The van der Waals surface area contributed by atoms with Crippen LogP contribution in [-0.4, -0.2) is 67.0 Å². The topological polar surface area (TPSA) is 48.8 Å². The van der Waals surface area contributed by atoms with Crippen LogP contribution in [0.3, 0.4) is 0 Å². The molecule has 144 valence electrons. The van der Waals surface area contributed by atoms with Crippen molar-refractivity contribution in [2.45, 2.75) is 32.8 Å². The first-order valence-corrected chi connectivity index (χ1v) is 10.7. The zero-order valence-electron chi connectivity index (χ0n) is 15.9. The zero-order valence-corrected chi connectivity index (χ0v) is 16.7. The fourth-order valence-corrected chi connectivity index (χ4v) is 5.49. The van der Waals surface area contributed by atoms with Crippen LogP contribution in [0.15, 0.2) is 23.2 Å². The van der Waals surface area contributed by atoms with Crippen molar-refractivity contribution in [2.75, 3.05) is 50.8 Å². The van der Waals surface area contributed by atoms with Gasteiger partial charge in [0.2, 0.25) is 0 Å². The lowest BCUT2D eigenvalue weighted by atomic mass is 9.49. The molecule has 0 radical (unpaired) electrons. The number of hydrogen-bond donors (Lipinski definition) is 1. The fourth-order valence-electron chi connectivity index (χ4n) is 4.80. The molecular weight excluding hydrogens is 346 g/mol. The summed E-state index contributed by atoms with van der Waals surface area (Å²) < 4.78 is 5.88. The van der Waals surface area contributed by atoms with E-state index in [4.69, 9.17) is 4.74 Å². The largest absolute Gasteiger partial charge is 0.389 e. The van der Waals surface area contributed by atoms with Crippen LogP contribution in [0.1, 0.15) is 26.7 Å². The third kappa shape index (κ3) is 3.70. The normalized spacial score (nSPS) is 29.2. The van der Waals surface area contributed by atoms with Crippen LogP contribution < -0.4 is 4.90 Å². The van der Waals surface area contributed by atoms with Crippen molar-refractivity contribution in [3.63, 3.8) is 0 Å². The van der Waals surface area contributed by atoms with Crippen molar-refractivity contribution in [2.24, 2.45) is 17.3 Å². The molecule has 3 atom stereocenters. The standard InChI is InChI=1S/C20H31N3O2S/c1-20(2)16-4-3-15(18(20)11-16)13-25-14-17(24)12-22-6-8-23(9-7-22)19-21-5-10-26-19/h3,5,10,16-18,24H,4,6-9,11-14H2,1-2H3/t16-,17-,18+/m1/s1. The minimum Gasteiger partial charge on any atom is -0.389 e. The highest BCUT2D eigenvalue weighted by Crippen LogP contribution is 2.59. The third-order valence-electron chi connectivity index (χ3n) is 6.69. The number of piperazine rings is 1. The lowest BCUT2D eigenvalue weighted by molar-refractivity contribution is -0.0262. The second-order valence-corrected chi connectivity index (χ2v) is 9.47. The molecule has 0 aromatic carbocycles. The lowest BCUT2D eigenvalue weighted by Gasteiger charge is -2.56. The first kappa shape index (κ1) is 18.4. The Balaban J connectivity index is 1.15. The van der Waals surface area contributed by atoms with Gasteiger partial charge in [-0.2, -0.15) is 0 Å². The van der Waals surface area contributed by atoms with E-state index in [1.807, 2.05) is 11.6 Å². The number of aromatic nitrogens is 1. The molecule has 5 nitrogen and oxygen atoms in total. The van der Waals surface area contributed by atoms with Crippen LogP contribution in [0.25, 0.3) is 0 Å². The first-order chi connectivity index (χ1) is 12.5. The Kier molecular flexibility index (Phi) is 5.37. The average Bonchev–Trinajstić information content (AvgIpc) is 3.17. The van der Waals surface area contributed by atoms with Crippen molar-refractivity contribution in [1.29, 1.82) is 0 Å². The number of ether oxygens (including phenoxy) is 1. The summed E-state index contributed by atoms with van der Waals surface area (Å²) in [6, 6.07) is 0. The molecule has 6 heteroatoms. The van der Waals surface area contributed by atoms with Gasteiger partial charge in [0.1, 0.15) is 0 Å². The second-order valence-electron chi connectivity index (χ2n) is 8.59. The number of aliphatic hydroxyl groups excluding tert-OH is 1. The summed E-state index contributed by atoms with van der Waals surface area (Å²) in [6.45, 7) is 10.5. The number of rotatable bonds is 7. The number of hydrogen-bond acceptors (Lipinski definition) is 6. The van der Waals surface area contributed by atoms with Crippen molar-refractivity contribution in [3.05, 3.63) is 23.2 Å². The molecule has 0 amide bonds. The summed E-state index contributed by atoms with van der Waals surface area (Å²) in [7, 11) is 0. The van der Waals surface area contributed by atoms with E-state index < -0.39 is 6.10 Å². The highest BCUT2D eigenvalue weighted by atomic mass is 32.1. The number of thiazole rings is 1. The predicted octanol–water partition coefficient (Wildman–Crippen LogP) is 2.64. The monoisotopic (exact) mass is 377 g/mol. The molecule has 2 heterocycles. The molecule has 0 spiro atoms. The van der Waals surface area contributed by atoms with Crippen molar-refractivity contribution < 1.29 is 9.84 Å². The van der Waals surface area contributed by atoms with Crippen LogP contribution in [0.2, 0.25) is 0 Å². The summed E-state index contributed by atoms with van der Waals surface area (Å²) in [5.41, 5.74) is 1.91. The summed E-state index contributed by atoms with van der Waals surface area (Å²) in [6.07, 6.45) is 6.36. The lowest BCUT2D eigenvalue weighted by Crippen LogP contribution is -2.49. The number of β-amino-alcohol motifs (C(OH)–C–C–N with tert-alkyl or cyclic N) is 1. The molecule has 26 heavy (non-hydrogen) atoms. The summed E-state index contributed by atoms with van der Waals surface area (Å²) in [4.78, 5) is 9.04. The molecule has 2 bridgehead atoms. The quantitative estimate of drug-likeness (QED) is 0.740. The maximum Gasteiger partial charge on any atom is 0.185 e. The zero-order chi connectivity index (χ0) is 18.1. The maximum absolute atomic E-state index is 10.3. The predicted molar refractivity (Wildman–Crippen MR) is 106 cm³/mol. The van der Waals surface area contributed by atoms with Gasteiger partial charge in [0, 0.05) is 44.3 Å². The van der Waals surface area contributed by atoms with E-state index >= 15 is 0 Å². The van der Waals surface area contributed by atoms with Gasteiger partial charge >= 0.3 is 0 Å². The highest BCUT2D eigenvalue weighted by Gasteiger charge is 2.50. The van der Waals surface area contributed by atoms with Gasteiger partial charge < -0.3 is 14.7 Å². The van der Waals surface area contributed by atoms with Crippen LogP contribution in [0.4, 0.5) is 5.13 Å². The minimum absolute atomic E-state index is 0.409. The van der Waals surface area contributed by atoms with Gasteiger partial charge in [0.05, 0.1) is 19.3 Å². The summed E-state index contributed by atoms with van der Waals surface area (Å²) in [5.74, 6) is 1.56. The van der Waals surface area contributed by atoms with Gasteiger partial charge in [-0.1, -0.05) is 19.9 Å². The smallest absolute Gasteiger partial charge is 0.185 e. The molecule has 5 rings (SSSR count). The van der Waals surface area contributed by atoms with E-state index in [2.05, 4.69) is 34.7 Å². The summed E-state index contributed by atoms with van der Waals surface area (Å²) in [5, 5.41) is 13.5. The molecule has 1 N–H and O–H groups in total. The van der Waals surface area contributed by atoms with Crippen molar-refractivity contribution in [3.8, 4) is 0 Å². The Morgan fingerprint density at radius 2 is 2.15 bits per heavy atom. The molecule has 1 saturated heterocycles. The summed E-state index contributed by atoms with van der Waals surface area (Å²) >= 11 is 1.69. The van der Waals surface area contributed by atoms with Crippen LogP contribution >= 0.6 is 11.3 Å². The molecule has 3 aliphatic carbocycles. The number of fused-ring (bicyclic) bond motifs is 1. The first-order valence-electron chi connectivity index (χ1n) is 9.85. The second kappa shape index (κ2) is 7.58. The molecule has 4 aliphatic rings. The van der Waals surface area contributed by atoms with Crippen LogP contribution in [0, 0.1) is 17.3 Å². The Labute approximate surface area is 160 Å².